The maximum atomic E-state index is 12.9. The zero-order chi connectivity index (χ0) is 19.6. The summed E-state index contributed by atoms with van der Waals surface area (Å²) in [5.41, 5.74) is 0.947. The minimum Gasteiger partial charge on any atom is -0.484 e. The van der Waals surface area contributed by atoms with E-state index in [-0.39, 0.29) is 36.9 Å². The van der Waals surface area contributed by atoms with Gasteiger partial charge in [0, 0.05) is 18.7 Å². The second-order valence-corrected chi connectivity index (χ2v) is 9.10. The lowest BCUT2D eigenvalue weighted by Gasteiger charge is -2.28. The largest absolute Gasteiger partial charge is 0.484 e. The Labute approximate surface area is 163 Å². The standard InChI is InChI=1S/C20H21NO6S/c22-20(12-25-17-6-7-18-19(10-17)27-14-26-18)21(11-15-4-2-1-3-5-15)16-8-9-28(23,24)13-16/h1-7,10,16H,8-9,11-14H2/t16-/m0/s1. The van der Waals surface area contributed by atoms with Gasteiger partial charge in [-0.2, -0.15) is 0 Å². The Bertz CT molecular complexity index is 960. The molecule has 0 bridgehead atoms. The van der Waals surface area contributed by atoms with E-state index in [2.05, 4.69) is 0 Å². The van der Waals surface area contributed by atoms with E-state index in [1.54, 1.807) is 23.1 Å². The topological polar surface area (TPSA) is 82.1 Å². The number of carbonyl (C=O) groups is 1. The van der Waals surface area contributed by atoms with Crippen molar-refractivity contribution in [2.45, 2.75) is 19.0 Å². The molecule has 0 radical (unpaired) electrons. The molecule has 1 fully saturated rings. The number of nitrogens with zero attached hydrogens (tertiary/aromatic N) is 1. The SMILES string of the molecule is O=C(COc1ccc2c(c1)OCO2)N(Cc1ccccc1)[C@H]1CCS(=O)(=O)C1. The lowest BCUT2D eigenvalue weighted by atomic mass is 10.1. The summed E-state index contributed by atoms with van der Waals surface area (Å²) in [5.74, 6) is 1.57. The number of carbonyl (C=O) groups excluding carboxylic acids is 1. The molecule has 7 nitrogen and oxygen atoms in total. The van der Waals surface area contributed by atoms with E-state index >= 15 is 0 Å². The van der Waals surface area contributed by atoms with E-state index in [0.717, 1.165) is 5.56 Å². The molecule has 1 amide bonds. The van der Waals surface area contributed by atoms with Crippen molar-refractivity contribution in [3.8, 4) is 17.2 Å². The number of benzene rings is 2. The number of rotatable bonds is 6. The molecular weight excluding hydrogens is 382 g/mol. The predicted octanol–water partition coefficient (Wildman–Crippen LogP) is 2.01. The average molecular weight is 403 g/mol. The van der Waals surface area contributed by atoms with Gasteiger partial charge >= 0.3 is 0 Å². The molecule has 2 aromatic rings. The molecule has 1 saturated heterocycles. The molecular formula is C20H21NO6S. The van der Waals surface area contributed by atoms with Crippen molar-refractivity contribution in [3.63, 3.8) is 0 Å². The van der Waals surface area contributed by atoms with Crippen molar-refractivity contribution in [2.75, 3.05) is 24.9 Å². The molecule has 2 aliphatic rings. The molecule has 2 aliphatic heterocycles. The Hall–Kier alpha value is -2.74. The van der Waals surface area contributed by atoms with Crippen LogP contribution in [-0.2, 0) is 21.2 Å². The van der Waals surface area contributed by atoms with Gasteiger partial charge in [-0.25, -0.2) is 8.42 Å². The summed E-state index contributed by atoms with van der Waals surface area (Å²) < 4.78 is 40.0. The Morgan fingerprint density at radius 1 is 1.11 bits per heavy atom. The monoisotopic (exact) mass is 403 g/mol. The van der Waals surface area contributed by atoms with Gasteiger partial charge in [-0.05, 0) is 24.1 Å². The van der Waals surface area contributed by atoms with Gasteiger partial charge < -0.3 is 19.1 Å². The first-order valence-electron chi connectivity index (χ1n) is 9.06. The van der Waals surface area contributed by atoms with Gasteiger partial charge in [0.05, 0.1) is 11.5 Å². The third-order valence-electron chi connectivity index (χ3n) is 4.87. The Morgan fingerprint density at radius 2 is 1.89 bits per heavy atom. The Balaban J connectivity index is 1.46. The van der Waals surface area contributed by atoms with Crippen LogP contribution in [0.4, 0.5) is 0 Å². The molecule has 0 spiro atoms. The fraction of sp³-hybridized carbons (Fsp3) is 0.350. The highest BCUT2D eigenvalue weighted by Gasteiger charge is 2.34. The average Bonchev–Trinajstić information content (AvgIpc) is 3.30. The number of ether oxygens (including phenoxy) is 3. The van der Waals surface area contributed by atoms with Crippen molar-refractivity contribution in [2.24, 2.45) is 0 Å². The number of sulfone groups is 1. The first kappa shape index (κ1) is 18.6. The van der Waals surface area contributed by atoms with E-state index < -0.39 is 9.84 Å². The molecule has 2 aromatic carbocycles. The van der Waals surface area contributed by atoms with Crippen LogP contribution >= 0.6 is 0 Å². The summed E-state index contributed by atoms with van der Waals surface area (Å²) in [6.45, 7) is 0.339. The van der Waals surface area contributed by atoms with Crippen molar-refractivity contribution in [1.29, 1.82) is 0 Å². The van der Waals surface area contributed by atoms with Gasteiger partial charge in [-0.3, -0.25) is 4.79 Å². The van der Waals surface area contributed by atoms with Crippen LogP contribution in [0.25, 0.3) is 0 Å². The predicted molar refractivity (Wildman–Crippen MR) is 102 cm³/mol. The summed E-state index contributed by atoms with van der Waals surface area (Å²) in [6.07, 6.45) is 0.449. The molecule has 2 heterocycles. The number of hydrogen-bond donors (Lipinski definition) is 0. The summed E-state index contributed by atoms with van der Waals surface area (Å²) in [5, 5.41) is 0. The second-order valence-electron chi connectivity index (χ2n) is 6.87. The van der Waals surface area contributed by atoms with Crippen LogP contribution in [0.2, 0.25) is 0 Å². The smallest absolute Gasteiger partial charge is 0.261 e. The van der Waals surface area contributed by atoms with Crippen molar-refractivity contribution >= 4 is 15.7 Å². The minimum atomic E-state index is -3.11. The van der Waals surface area contributed by atoms with Crippen LogP contribution in [0, 0.1) is 0 Å². The van der Waals surface area contributed by atoms with Crippen LogP contribution in [0.5, 0.6) is 17.2 Å². The fourth-order valence-electron chi connectivity index (χ4n) is 3.42. The van der Waals surface area contributed by atoms with E-state index in [1.165, 1.54) is 0 Å². The van der Waals surface area contributed by atoms with Gasteiger partial charge in [0.2, 0.25) is 6.79 Å². The molecule has 0 saturated carbocycles. The lowest BCUT2D eigenvalue weighted by Crippen LogP contribution is -2.43. The summed E-state index contributed by atoms with van der Waals surface area (Å²) >= 11 is 0. The van der Waals surface area contributed by atoms with Gasteiger partial charge in [0.25, 0.3) is 5.91 Å². The van der Waals surface area contributed by atoms with Gasteiger partial charge in [0.15, 0.2) is 27.9 Å². The van der Waals surface area contributed by atoms with Gasteiger partial charge in [-0.1, -0.05) is 30.3 Å². The second kappa shape index (κ2) is 7.71. The highest BCUT2D eigenvalue weighted by molar-refractivity contribution is 7.91. The molecule has 8 heteroatoms. The highest BCUT2D eigenvalue weighted by Crippen LogP contribution is 2.35. The first-order chi connectivity index (χ1) is 13.5. The summed E-state index contributed by atoms with van der Waals surface area (Å²) in [4.78, 5) is 14.5. The third kappa shape index (κ3) is 4.22. The van der Waals surface area contributed by atoms with E-state index in [0.29, 0.717) is 30.2 Å². The van der Waals surface area contributed by atoms with E-state index in [1.807, 2.05) is 30.3 Å². The quantitative estimate of drug-likeness (QED) is 0.734. The van der Waals surface area contributed by atoms with Crippen LogP contribution < -0.4 is 14.2 Å². The lowest BCUT2D eigenvalue weighted by molar-refractivity contribution is -0.136. The molecule has 148 valence electrons. The minimum absolute atomic E-state index is 0.00437. The molecule has 0 N–H and O–H groups in total. The van der Waals surface area contributed by atoms with Gasteiger partial charge in [-0.15, -0.1) is 0 Å². The fourth-order valence-corrected chi connectivity index (χ4v) is 5.15. The summed E-state index contributed by atoms with van der Waals surface area (Å²) in [6, 6.07) is 14.3. The van der Waals surface area contributed by atoms with Crippen molar-refractivity contribution in [1.82, 2.24) is 4.90 Å². The third-order valence-corrected chi connectivity index (χ3v) is 6.62. The number of fused-ring (bicyclic) bond motifs is 1. The Kier molecular flexibility index (Phi) is 5.13. The van der Waals surface area contributed by atoms with Crippen LogP contribution in [0.15, 0.2) is 48.5 Å². The number of amides is 1. The molecule has 0 unspecified atom stereocenters. The summed E-state index contributed by atoms with van der Waals surface area (Å²) in [7, 11) is -3.11. The van der Waals surface area contributed by atoms with Gasteiger partial charge in [0.1, 0.15) is 5.75 Å². The maximum absolute atomic E-state index is 12.9. The normalized spacial score (nSPS) is 19.4. The molecule has 4 rings (SSSR count). The van der Waals surface area contributed by atoms with Crippen molar-refractivity contribution in [3.05, 3.63) is 54.1 Å². The highest BCUT2D eigenvalue weighted by atomic mass is 32.2. The van der Waals surface area contributed by atoms with Crippen LogP contribution in [0.3, 0.4) is 0 Å². The molecule has 0 aromatic heterocycles. The van der Waals surface area contributed by atoms with Crippen molar-refractivity contribution < 1.29 is 27.4 Å². The van der Waals surface area contributed by atoms with E-state index in [9.17, 15) is 13.2 Å². The van der Waals surface area contributed by atoms with Crippen LogP contribution in [-0.4, -0.2) is 50.2 Å². The zero-order valence-electron chi connectivity index (χ0n) is 15.2. The molecule has 1 atom stereocenters. The van der Waals surface area contributed by atoms with E-state index in [4.69, 9.17) is 14.2 Å². The zero-order valence-corrected chi connectivity index (χ0v) is 16.1. The molecule has 0 aliphatic carbocycles. The molecule has 28 heavy (non-hydrogen) atoms. The Morgan fingerprint density at radius 3 is 2.64 bits per heavy atom. The first-order valence-corrected chi connectivity index (χ1v) is 10.9. The van der Waals surface area contributed by atoms with Crippen LogP contribution in [0.1, 0.15) is 12.0 Å². The maximum Gasteiger partial charge on any atom is 0.261 e. The number of hydrogen-bond acceptors (Lipinski definition) is 6.